The third kappa shape index (κ3) is 3.51. The first-order valence-electron chi connectivity index (χ1n) is 7.76. The van der Waals surface area contributed by atoms with Gasteiger partial charge in [0.25, 0.3) is 0 Å². The maximum atomic E-state index is 9.48. The molecule has 0 spiro atoms. The fourth-order valence-electron chi connectivity index (χ4n) is 2.39. The Balaban J connectivity index is 0.000000924. The molecule has 0 bridgehead atoms. The number of fused-ring (bicyclic) bond motifs is 1. The van der Waals surface area contributed by atoms with Crippen LogP contribution in [0.15, 0.2) is 36.8 Å². The predicted octanol–water partition coefficient (Wildman–Crippen LogP) is 3.32. The van der Waals surface area contributed by atoms with Gasteiger partial charge in [-0.25, -0.2) is 9.97 Å². The van der Waals surface area contributed by atoms with Gasteiger partial charge in [0.05, 0.1) is 26.6 Å². The molecule has 0 saturated heterocycles. The van der Waals surface area contributed by atoms with Crippen LogP contribution in [-0.2, 0) is 13.2 Å². The summed E-state index contributed by atoms with van der Waals surface area (Å²) in [5.41, 5.74) is 4.50. The molecule has 1 N–H and O–H groups in total. The number of pyridine rings is 1. The van der Waals surface area contributed by atoms with Crippen molar-refractivity contribution in [2.45, 2.75) is 33.9 Å². The van der Waals surface area contributed by atoms with E-state index < -0.39 is 0 Å². The van der Waals surface area contributed by atoms with Crippen molar-refractivity contribution in [1.29, 1.82) is 0 Å². The molecule has 5 heteroatoms. The molecule has 0 fully saturated rings. The number of aromatic nitrogens is 3. The van der Waals surface area contributed by atoms with Crippen LogP contribution in [0.4, 0.5) is 0 Å². The highest BCUT2D eigenvalue weighted by atomic mass is 16.5. The van der Waals surface area contributed by atoms with Gasteiger partial charge < -0.3 is 14.4 Å². The average molecular weight is 313 g/mol. The van der Waals surface area contributed by atoms with Crippen molar-refractivity contribution in [2.75, 3.05) is 7.11 Å². The van der Waals surface area contributed by atoms with Crippen LogP contribution in [0.25, 0.3) is 11.2 Å². The SMILES string of the molecule is CC.COc1ccc(Cn2cnc3c(CO)c(C)cnc32)cc1. The molecule has 0 amide bonds. The summed E-state index contributed by atoms with van der Waals surface area (Å²) < 4.78 is 7.14. The van der Waals surface area contributed by atoms with Gasteiger partial charge in [-0.2, -0.15) is 0 Å². The molecule has 122 valence electrons. The van der Waals surface area contributed by atoms with Crippen LogP contribution in [0.5, 0.6) is 5.75 Å². The van der Waals surface area contributed by atoms with Crippen LogP contribution in [0.1, 0.15) is 30.5 Å². The van der Waals surface area contributed by atoms with Crippen molar-refractivity contribution < 1.29 is 9.84 Å². The zero-order chi connectivity index (χ0) is 16.8. The Morgan fingerprint density at radius 3 is 2.43 bits per heavy atom. The molecule has 23 heavy (non-hydrogen) atoms. The lowest BCUT2D eigenvalue weighted by molar-refractivity contribution is 0.282. The number of nitrogens with zero attached hydrogens (tertiary/aromatic N) is 3. The molecule has 0 unspecified atom stereocenters. The van der Waals surface area contributed by atoms with Gasteiger partial charge in [-0.05, 0) is 30.2 Å². The first kappa shape index (κ1) is 17.0. The third-order valence-electron chi connectivity index (χ3n) is 3.62. The third-order valence-corrected chi connectivity index (χ3v) is 3.62. The number of aliphatic hydroxyl groups is 1. The summed E-state index contributed by atoms with van der Waals surface area (Å²) in [6.45, 7) is 6.59. The monoisotopic (exact) mass is 313 g/mol. The van der Waals surface area contributed by atoms with Crippen LogP contribution in [-0.4, -0.2) is 26.8 Å². The summed E-state index contributed by atoms with van der Waals surface area (Å²) >= 11 is 0. The van der Waals surface area contributed by atoms with E-state index in [1.165, 1.54) is 0 Å². The van der Waals surface area contributed by atoms with Crippen LogP contribution in [0.2, 0.25) is 0 Å². The molecule has 0 aliphatic heterocycles. The van der Waals surface area contributed by atoms with E-state index in [0.29, 0.717) is 6.54 Å². The fourth-order valence-corrected chi connectivity index (χ4v) is 2.39. The predicted molar refractivity (Wildman–Crippen MR) is 91.6 cm³/mol. The molecule has 3 rings (SSSR count). The lowest BCUT2D eigenvalue weighted by Gasteiger charge is -2.07. The van der Waals surface area contributed by atoms with Crippen molar-refractivity contribution in [1.82, 2.24) is 14.5 Å². The number of rotatable bonds is 4. The minimum atomic E-state index is -0.0234. The molecule has 1 aromatic carbocycles. The molecular weight excluding hydrogens is 290 g/mol. The Morgan fingerprint density at radius 1 is 1.13 bits per heavy atom. The second kappa shape index (κ2) is 7.74. The highest BCUT2D eigenvalue weighted by molar-refractivity contribution is 5.76. The van der Waals surface area contributed by atoms with Crippen molar-refractivity contribution in [2.24, 2.45) is 0 Å². The van der Waals surface area contributed by atoms with E-state index >= 15 is 0 Å². The van der Waals surface area contributed by atoms with Crippen molar-refractivity contribution >= 4 is 11.2 Å². The van der Waals surface area contributed by atoms with E-state index in [0.717, 1.165) is 33.6 Å². The van der Waals surface area contributed by atoms with Crippen LogP contribution in [0.3, 0.4) is 0 Å². The number of hydrogen-bond acceptors (Lipinski definition) is 4. The largest absolute Gasteiger partial charge is 0.497 e. The van der Waals surface area contributed by atoms with E-state index in [1.54, 1.807) is 19.6 Å². The Kier molecular flexibility index (Phi) is 5.71. The van der Waals surface area contributed by atoms with Gasteiger partial charge >= 0.3 is 0 Å². The minimum Gasteiger partial charge on any atom is -0.497 e. The van der Waals surface area contributed by atoms with E-state index in [1.807, 2.05) is 49.6 Å². The average Bonchev–Trinajstić information content (AvgIpc) is 3.00. The summed E-state index contributed by atoms with van der Waals surface area (Å²) in [7, 11) is 1.65. The number of methoxy groups -OCH3 is 1. The number of aryl methyl sites for hydroxylation is 1. The lowest BCUT2D eigenvalue weighted by Crippen LogP contribution is -2.00. The molecule has 0 saturated carbocycles. The summed E-state index contributed by atoms with van der Waals surface area (Å²) in [6, 6.07) is 7.91. The number of benzene rings is 1. The van der Waals surface area contributed by atoms with E-state index in [-0.39, 0.29) is 6.61 Å². The normalized spacial score (nSPS) is 10.3. The molecule has 0 atom stereocenters. The number of hydrogen-bond donors (Lipinski definition) is 1. The van der Waals surface area contributed by atoms with Crippen molar-refractivity contribution in [3.63, 3.8) is 0 Å². The van der Waals surface area contributed by atoms with Crippen molar-refractivity contribution in [3.8, 4) is 5.75 Å². The number of ether oxygens (including phenoxy) is 1. The van der Waals surface area contributed by atoms with Gasteiger partial charge in [0.2, 0.25) is 0 Å². The number of imidazole rings is 1. The van der Waals surface area contributed by atoms with Gasteiger partial charge in [-0.1, -0.05) is 26.0 Å². The smallest absolute Gasteiger partial charge is 0.160 e. The zero-order valence-corrected chi connectivity index (χ0v) is 14.1. The van der Waals surface area contributed by atoms with Crippen LogP contribution >= 0.6 is 0 Å². The second-order valence-corrected chi connectivity index (χ2v) is 4.97. The molecule has 0 aliphatic carbocycles. The maximum absolute atomic E-state index is 9.48. The molecule has 0 radical (unpaired) electrons. The van der Waals surface area contributed by atoms with Gasteiger partial charge in [0, 0.05) is 11.8 Å². The highest BCUT2D eigenvalue weighted by Crippen LogP contribution is 2.20. The topological polar surface area (TPSA) is 60.2 Å². The summed E-state index contributed by atoms with van der Waals surface area (Å²) in [5, 5.41) is 9.48. The van der Waals surface area contributed by atoms with Crippen LogP contribution < -0.4 is 4.74 Å². The molecule has 0 aliphatic rings. The first-order chi connectivity index (χ1) is 11.2. The maximum Gasteiger partial charge on any atom is 0.160 e. The Morgan fingerprint density at radius 2 is 1.83 bits per heavy atom. The van der Waals surface area contributed by atoms with Gasteiger partial charge in [0.15, 0.2) is 5.65 Å². The molecule has 5 nitrogen and oxygen atoms in total. The first-order valence-corrected chi connectivity index (χ1v) is 7.76. The Labute approximate surface area is 136 Å². The lowest BCUT2D eigenvalue weighted by atomic mass is 10.1. The van der Waals surface area contributed by atoms with E-state index in [4.69, 9.17) is 4.74 Å². The van der Waals surface area contributed by atoms with Gasteiger partial charge in [-0.15, -0.1) is 0 Å². The standard InChI is InChI=1S/C16H17N3O2.C2H6/c1-11-7-17-16-15(14(11)9-20)18-10-19(16)8-12-3-5-13(21-2)6-4-12;1-2/h3-7,10,20H,8-9H2,1-2H3;1-2H3. The zero-order valence-electron chi connectivity index (χ0n) is 14.1. The molecule has 2 heterocycles. The van der Waals surface area contributed by atoms with Gasteiger partial charge in [0.1, 0.15) is 11.3 Å². The Hall–Kier alpha value is -2.40. The van der Waals surface area contributed by atoms with Crippen molar-refractivity contribution in [3.05, 3.63) is 53.5 Å². The second-order valence-electron chi connectivity index (χ2n) is 4.97. The Bertz CT molecular complexity index is 764. The van der Waals surface area contributed by atoms with E-state index in [9.17, 15) is 5.11 Å². The molecule has 3 aromatic rings. The summed E-state index contributed by atoms with van der Waals surface area (Å²) in [4.78, 5) is 8.84. The van der Waals surface area contributed by atoms with Crippen LogP contribution in [0, 0.1) is 6.92 Å². The summed E-state index contributed by atoms with van der Waals surface area (Å²) in [5.74, 6) is 0.838. The quantitative estimate of drug-likeness (QED) is 0.802. The molecular formula is C18H23N3O2. The highest BCUT2D eigenvalue weighted by Gasteiger charge is 2.11. The fraction of sp³-hybridized carbons (Fsp3) is 0.333. The molecule has 2 aromatic heterocycles. The minimum absolute atomic E-state index is 0.0234. The van der Waals surface area contributed by atoms with Gasteiger partial charge in [-0.3, -0.25) is 0 Å². The number of aliphatic hydroxyl groups excluding tert-OH is 1. The summed E-state index contributed by atoms with van der Waals surface area (Å²) in [6.07, 6.45) is 3.54. The van der Waals surface area contributed by atoms with E-state index in [2.05, 4.69) is 9.97 Å².